The molecule has 4 aromatic rings. The van der Waals surface area contributed by atoms with E-state index < -0.39 is 5.91 Å². The Hall–Kier alpha value is -3.74. The third-order valence-electron chi connectivity index (χ3n) is 4.03. The van der Waals surface area contributed by atoms with Gasteiger partial charge in [-0.25, -0.2) is 14.5 Å². The van der Waals surface area contributed by atoms with E-state index in [4.69, 9.17) is 5.73 Å². The van der Waals surface area contributed by atoms with E-state index in [9.17, 15) is 4.79 Å². The maximum Gasteiger partial charge on any atom is 0.252 e. The molecule has 7 nitrogen and oxygen atoms in total. The van der Waals surface area contributed by atoms with Gasteiger partial charge in [-0.2, -0.15) is 0 Å². The number of nitrogens with one attached hydrogen (secondary N) is 1. The summed E-state index contributed by atoms with van der Waals surface area (Å²) in [5, 5.41) is 7.36. The number of fused-ring (bicyclic) bond motifs is 1. The molecule has 0 aliphatic rings. The Morgan fingerprint density at radius 3 is 2.69 bits per heavy atom. The van der Waals surface area contributed by atoms with Gasteiger partial charge >= 0.3 is 0 Å². The molecular formula is C19H15N6O. The van der Waals surface area contributed by atoms with Crippen molar-refractivity contribution in [3.8, 4) is 11.3 Å². The molecule has 26 heavy (non-hydrogen) atoms. The van der Waals surface area contributed by atoms with Gasteiger partial charge < -0.3 is 11.1 Å². The Labute approximate surface area is 149 Å². The quantitative estimate of drug-likeness (QED) is 0.579. The van der Waals surface area contributed by atoms with Crippen molar-refractivity contribution >= 4 is 17.4 Å². The van der Waals surface area contributed by atoms with E-state index in [1.54, 1.807) is 22.8 Å². The predicted octanol–water partition coefficient (Wildman–Crippen LogP) is 2.30. The molecule has 7 heteroatoms. The van der Waals surface area contributed by atoms with E-state index in [-0.39, 0.29) is 0 Å². The fraction of sp³-hybridized carbons (Fsp3) is 0.0526. The number of carbonyl (C=O) groups excluding carboxylic acids is 1. The summed E-state index contributed by atoms with van der Waals surface area (Å²) in [4.78, 5) is 19.8. The van der Waals surface area contributed by atoms with Gasteiger partial charge in [0.05, 0.1) is 11.3 Å². The third kappa shape index (κ3) is 2.98. The van der Waals surface area contributed by atoms with Crippen molar-refractivity contribution in [1.29, 1.82) is 0 Å². The van der Waals surface area contributed by atoms with Crippen molar-refractivity contribution in [3.63, 3.8) is 0 Å². The van der Waals surface area contributed by atoms with Crippen molar-refractivity contribution in [2.24, 2.45) is 5.73 Å². The molecule has 1 radical (unpaired) electrons. The van der Waals surface area contributed by atoms with Gasteiger partial charge in [-0.05, 0) is 29.8 Å². The Balaban J connectivity index is 1.59. The number of amides is 1. The SMILES string of the molecule is NC(=O)c1ccc(-c2ccc(CNc3ccccn3)cc2)n2n[c]nc12. The van der Waals surface area contributed by atoms with Crippen LogP contribution in [0.2, 0.25) is 0 Å². The Bertz CT molecular complexity index is 1060. The van der Waals surface area contributed by atoms with Crippen LogP contribution < -0.4 is 11.1 Å². The van der Waals surface area contributed by atoms with Gasteiger partial charge in [0.2, 0.25) is 6.33 Å². The number of rotatable bonds is 5. The van der Waals surface area contributed by atoms with E-state index in [0.717, 1.165) is 22.6 Å². The zero-order valence-electron chi connectivity index (χ0n) is 13.8. The summed E-state index contributed by atoms with van der Waals surface area (Å²) >= 11 is 0. The maximum absolute atomic E-state index is 11.5. The second-order valence-corrected chi connectivity index (χ2v) is 5.71. The summed E-state index contributed by atoms with van der Waals surface area (Å²) in [6.07, 6.45) is 4.28. The van der Waals surface area contributed by atoms with Crippen molar-refractivity contribution in [2.45, 2.75) is 6.54 Å². The first kappa shape index (κ1) is 15.8. The van der Waals surface area contributed by atoms with Crippen LogP contribution in [0.3, 0.4) is 0 Å². The summed E-state index contributed by atoms with van der Waals surface area (Å²) in [6, 6.07) is 17.3. The van der Waals surface area contributed by atoms with Gasteiger partial charge in [0, 0.05) is 18.3 Å². The molecule has 0 fully saturated rings. The predicted molar refractivity (Wildman–Crippen MR) is 97.3 cm³/mol. The maximum atomic E-state index is 11.5. The zero-order valence-corrected chi connectivity index (χ0v) is 13.8. The van der Waals surface area contributed by atoms with Gasteiger partial charge in [0.15, 0.2) is 5.65 Å². The monoisotopic (exact) mass is 343 g/mol. The standard InChI is InChI=1S/C19H15N6O/c20-18(26)15-8-9-16(25-19(15)23-12-24-25)14-6-4-13(5-7-14)11-22-17-3-1-2-10-21-17/h1-10H,11H2,(H2,20,26)(H,21,22). The van der Waals surface area contributed by atoms with E-state index in [1.165, 1.54) is 0 Å². The number of nitrogens with zero attached hydrogens (tertiary/aromatic N) is 4. The van der Waals surface area contributed by atoms with Gasteiger partial charge in [0.1, 0.15) is 5.82 Å². The third-order valence-corrected chi connectivity index (χ3v) is 4.03. The van der Waals surface area contributed by atoms with Gasteiger partial charge in [-0.1, -0.05) is 30.3 Å². The highest BCUT2D eigenvalue weighted by atomic mass is 16.1. The highest BCUT2D eigenvalue weighted by molar-refractivity contribution is 5.99. The first-order valence-electron chi connectivity index (χ1n) is 8.02. The largest absolute Gasteiger partial charge is 0.366 e. The number of hydrogen-bond acceptors (Lipinski definition) is 5. The lowest BCUT2D eigenvalue weighted by Crippen LogP contribution is -2.13. The average molecular weight is 343 g/mol. The summed E-state index contributed by atoms with van der Waals surface area (Å²) < 4.78 is 1.57. The minimum absolute atomic E-state index is 0.318. The minimum Gasteiger partial charge on any atom is -0.366 e. The molecule has 4 rings (SSSR count). The molecule has 0 atom stereocenters. The normalized spacial score (nSPS) is 10.8. The van der Waals surface area contributed by atoms with Gasteiger partial charge in [0.25, 0.3) is 5.91 Å². The summed E-state index contributed by atoms with van der Waals surface area (Å²) in [5.74, 6) is 0.289. The fourth-order valence-electron chi connectivity index (χ4n) is 2.72. The van der Waals surface area contributed by atoms with Gasteiger partial charge in [-0.3, -0.25) is 4.79 Å². The van der Waals surface area contributed by atoms with E-state index >= 15 is 0 Å². The molecule has 0 aliphatic carbocycles. The number of pyridine rings is 2. The lowest BCUT2D eigenvalue weighted by Gasteiger charge is -2.09. The minimum atomic E-state index is -0.543. The van der Waals surface area contributed by atoms with Crippen LogP contribution in [0.15, 0.2) is 60.8 Å². The molecule has 127 valence electrons. The van der Waals surface area contributed by atoms with Crippen LogP contribution in [0, 0.1) is 6.33 Å². The first-order chi connectivity index (χ1) is 12.7. The lowest BCUT2D eigenvalue weighted by atomic mass is 10.1. The zero-order chi connectivity index (χ0) is 17.9. The fourth-order valence-corrected chi connectivity index (χ4v) is 2.72. The molecule has 3 aromatic heterocycles. The second-order valence-electron chi connectivity index (χ2n) is 5.71. The number of benzene rings is 1. The topological polar surface area (TPSA) is 98.2 Å². The summed E-state index contributed by atoms with van der Waals surface area (Å²) in [6.45, 7) is 0.671. The van der Waals surface area contributed by atoms with E-state index in [0.29, 0.717) is 17.8 Å². The van der Waals surface area contributed by atoms with Crippen LogP contribution in [-0.4, -0.2) is 25.5 Å². The van der Waals surface area contributed by atoms with Crippen molar-refractivity contribution < 1.29 is 4.79 Å². The van der Waals surface area contributed by atoms with Crippen molar-refractivity contribution in [2.75, 3.05) is 5.32 Å². The smallest absolute Gasteiger partial charge is 0.252 e. The number of nitrogens with two attached hydrogens (primary N) is 1. The van der Waals surface area contributed by atoms with Crippen molar-refractivity contribution in [3.05, 3.63) is 78.2 Å². The number of carbonyl (C=O) groups is 1. The molecule has 0 unspecified atom stereocenters. The molecule has 0 saturated carbocycles. The van der Waals surface area contributed by atoms with Crippen LogP contribution in [0.25, 0.3) is 16.9 Å². The first-order valence-corrected chi connectivity index (χ1v) is 8.02. The Morgan fingerprint density at radius 2 is 1.96 bits per heavy atom. The number of aromatic nitrogens is 4. The van der Waals surface area contributed by atoms with Crippen LogP contribution in [-0.2, 0) is 6.54 Å². The number of hydrogen-bond donors (Lipinski definition) is 2. The Morgan fingerprint density at radius 1 is 1.12 bits per heavy atom. The molecular weight excluding hydrogens is 328 g/mol. The van der Waals surface area contributed by atoms with Crippen LogP contribution in [0.1, 0.15) is 15.9 Å². The summed E-state index contributed by atoms with van der Waals surface area (Å²) in [5.41, 5.74) is 8.98. The highest BCUT2D eigenvalue weighted by Gasteiger charge is 2.13. The molecule has 0 bridgehead atoms. The van der Waals surface area contributed by atoms with Crippen LogP contribution in [0.5, 0.6) is 0 Å². The number of primary amides is 1. The van der Waals surface area contributed by atoms with E-state index in [2.05, 4.69) is 26.7 Å². The molecule has 0 aliphatic heterocycles. The molecule has 3 heterocycles. The average Bonchev–Trinajstić information content (AvgIpc) is 3.16. The molecule has 0 saturated heterocycles. The van der Waals surface area contributed by atoms with Gasteiger partial charge in [-0.15, -0.1) is 5.10 Å². The van der Waals surface area contributed by atoms with Crippen LogP contribution >= 0.6 is 0 Å². The Kier molecular flexibility index (Phi) is 4.03. The number of anilines is 1. The van der Waals surface area contributed by atoms with E-state index in [1.807, 2.05) is 42.5 Å². The molecule has 1 amide bonds. The second kappa shape index (κ2) is 6.64. The van der Waals surface area contributed by atoms with Crippen LogP contribution in [0.4, 0.5) is 5.82 Å². The molecule has 0 spiro atoms. The lowest BCUT2D eigenvalue weighted by molar-refractivity contribution is 0.100. The summed E-state index contributed by atoms with van der Waals surface area (Å²) in [7, 11) is 0. The highest BCUT2D eigenvalue weighted by Crippen LogP contribution is 2.22. The molecule has 1 aromatic carbocycles. The van der Waals surface area contributed by atoms with Crippen molar-refractivity contribution in [1.82, 2.24) is 19.6 Å². The molecule has 3 N–H and O–H groups in total.